The topological polar surface area (TPSA) is 58.5 Å². The van der Waals surface area contributed by atoms with Crippen molar-refractivity contribution in [2.24, 2.45) is 9.98 Å². The highest BCUT2D eigenvalue weighted by atomic mass is 16.5. The van der Waals surface area contributed by atoms with Crippen LogP contribution >= 0.6 is 0 Å². The fourth-order valence-corrected chi connectivity index (χ4v) is 3.75. The Morgan fingerprint density at radius 2 is 1.79 bits per heavy atom. The summed E-state index contributed by atoms with van der Waals surface area (Å²) >= 11 is 0. The largest absolute Gasteiger partial charge is 0.491 e. The van der Waals surface area contributed by atoms with E-state index in [0.717, 1.165) is 58.6 Å². The summed E-state index contributed by atoms with van der Waals surface area (Å²) in [5, 5.41) is 3.33. The Hall–Kier alpha value is -3.28. The maximum absolute atomic E-state index is 5.94. The number of aliphatic imine (C=N–C) groups is 2. The molecule has 2 heterocycles. The van der Waals surface area contributed by atoms with Crippen molar-refractivity contribution < 1.29 is 9.47 Å². The number of rotatable bonds is 2. The lowest BCUT2D eigenvalue weighted by atomic mass is 10.1. The van der Waals surface area contributed by atoms with Crippen LogP contribution in [0.4, 0.5) is 0 Å². The molecule has 2 aromatic carbocycles. The normalized spacial score (nSPS) is 19.4. The molecule has 1 N–H and O–H groups in total. The molecule has 0 fully saturated rings. The van der Waals surface area contributed by atoms with Gasteiger partial charge in [0.1, 0.15) is 36.4 Å². The summed E-state index contributed by atoms with van der Waals surface area (Å²) in [6.45, 7) is 4.82. The van der Waals surface area contributed by atoms with Gasteiger partial charge in [-0.25, -0.2) is 0 Å². The van der Waals surface area contributed by atoms with Gasteiger partial charge in [-0.15, -0.1) is 0 Å². The van der Waals surface area contributed by atoms with Gasteiger partial charge >= 0.3 is 0 Å². The van der Waals surface area contributed by atoms with Crippen LogP contribution in [0.15, 0.2) is 58.1 Å². The molecule has 0 bridgehead atoms. The van der Waals surface area contributed by atoms with Crippen LogP contribution in [0.5, 0.6) is 11.5 Å². The number of benzene rings is 2. The van der Waals surface area contributed by atoms with Gasteiger partial charge in [-0.3, -0.25) is 9.98 Å². The van der Waals surface area contributed by atoms with Crippen LogP contribution in [-0.2, 0) is 0 Å². The molecule has 2 aliphatic heterocycles. The standard InChI is InChI=1S/C23H26N4O2/c1-16(27-11-13-29-20-7-5-4-6-18(20)23(27)25-3)14-17-8-9-21-19(15-17)22(24-2)26-10-12-28-21/h4-9,14-15H,10-13H2,1-3H3,(H,24,26)/b16-14+,25-23?. The molecule has 0 atom stereocenters. The van der Waals surface area contributed by atoms with Crippen molar-refractivity contribution in [3.8, 4) is 11.5 Å². The number of nitrogens with one attached hydrogen (secondary N) is 1. The fraction of sp³-hybridized carbons (Fsp3) is 0.304. The third-order valence-corrected chi connectivity index (χ3v) is 5.10. The second-order valence-electron chi connectivity index (χ2n) is 6.93. The van der Waals surface area contributed by atoms with Crippen LogP contribution in [0.1, 0.15) is 23.6 Å². The van der Waals surface area contributed by atoms with E-state index in [0.29, 0.717) is 13.2 Å². The number of hydrogen-bond donors (Lipinski definition) is 1. The molecular formula is C23H26N4O2. The first-order valence-corrected chi connectivity index (χ1v) is 9.84. The first kappa shape index (κ1) is 19.1. The summed E-state index contributed by atoms with van der Waals surface area (Å²) in [7, 11) is 3.62. The maximum Gasteiger partial charge on any atom is 0.138 e. The first-order valence-electron chi connectivity index (χ1n) is 9.84. The third kappa shape index (κ3) is 3.83. The van der Waals surface area contributed by atoms with Crippen LogP contribution in [0, 0.1) is 0 Å². The average Bonchev–Trinajstić information content (AvgIpc) is 3.06. The molecular weight excluding hydrogens is 364 g/mol. The smallest absolute Gasteiger partial charge is 0.138 e. The van der Waals surface area contributed by atoms with Crippen molar-refractivity contribution in [2.45, 2.75) is 6.92 Å². The van der Waals surface area contributed by atoms with Crippen molar-refractivity contribution in [1.29, 1.82) is 0 Å². The Kier molecular flexibility index (Phi) is 5.51. The van der Waals surface area contributed by atoms with E-state index in [1.54, 1.807) is 7.05 Å². The summed E-state index contributed by atoms with van der Waals surface area (Å²) in [6, 6.07) is 14.3. The van der Waals surface area contributed by atoms with Crippen molar-refractivity contribution in [2.75, 3.05) is 40.4 Å². The van der Waals surface area contributed by atoms with Crippen LogP contribution < -0.4 is 14.8 Å². The van der Waals surface area contributed by atoms with Crippen LogP contribution in [0.2, 0.25) is 0 Å². The molecule has 4 rings (SSSR count). The predicted octanol–water partition coefficient (Wildman–Crippen LogP) is 3.18. The highest BCUT2D eigenvalue weighted by Crippen LogP contribution is 2.27. The van der Waals surface area contributed by atoms with Gasteiger partial charge in [0.2, 0.25) is 0 Å². The summed E-state index contributed by atoms with van der Waals surface area (Å²) in [5.74, 6) is 3.51. The van der Waals surface area contributed by atoms with Gasteiger partial charge < -0.3 is 19.7 Å². The van der Waals surface area contributed by atoms with E-state index in [1.807, 2.05) is 31.3 Å². The Labute approximate surface area is 171 Å². The summed E-state index contributed by atoms with van der Waals surface area (Å²) < 4.78 is 11.8. The zero-order chi connectivity index (χ0) is 20.2. The maximum atomic E-state index is 5.94. The van der Waals surface area contributed by atoms with Crippen molar-refractivity contribution in [3.63, 3.8) is 0 Å². The van der Waals surface area contributed by atoms with Crippen molar-refractivity contribution >= 4 is 17.7 Å². The number of ether oxygens (including phenoxy) is 2. The minimum absolute atomic E-state index is 0.607. The van der Waals surface area contributed by atoms with Gasteiger partial charge in [0.25, 0.3) is 0 Å². The second kappa shape index (κ2) is 8.39. The zero-order valence-electron chi connectivity index (χ0n) is 17.1. The molecule has 0 saturated carbocycles. The number of nitrogens with zero attached hydrogens (tertiary/aromatic N) is 3. The monoisotopic (exact) mass is 390 g/mol. The summed E-state index contributed by atoms with van der Waals surface area (Å²) in [6.07, 6.45) is 2.16. The van der Waals surface area contributed by atoms with Crippen molar-refractivity contribution in [3.05, 3.63) is 64.9 Å². The highest BCUT2D eigenvalue weighted by molar-refractivity contribution is 6.03. The molecule has 2 aliphatic rings. The van der Waals surface area contributed by atoms with Gasteiger partial charge in [-0.1, -0.05) is 18.2 Å². The highest BCUT2D eigenvalue weighted by Gasteiger charge is 2.22. The van der Waals surface area contributed by atoms with E-state index in [4.69, 9.17) is 9.47 Å². The molecule has 2 aromatic rings. The number of para-hydroxylation sites is 1. The Morgan fingerprint density at radius 3 is 2.62 bits per heavy atom. The third-order valence-electron chi connectivity index (χ3n) is 5.10. The van der Waals surface area contributed by atoms with E-state index in [2.05, 4.69) is 51.4 Å². The van der Waals surface area contributed by atoms with Gasteiger partial charge in [-0.2, -0.15) is 0 Å². The second-order valence-corrected chi connectivity index (χ2v) is 6.93. The molecule has 29 heavy (non-hydrogen) atoms. The van der Waals surface area contributed by atoms with E-state index in [1.165, 1.54) is 0 Å². The Morgan fingerprint density at radius 1 is 1.00 bits per heavy atom. The molecule has 150 valence electrons. The summed E-state index contributed by atoms with van der Waals surface area (Å²) in [4.78, 5) is 11.2. The number of fused-ring (bicyclic) bond motifs is 2. The lowest BCUT2D eigenvalue weighted by molar-refractivity contribution is 0.297. The first-order chi connectivity index (χ1) is 14.2. The van der Waals surface area contributed by atoms with Crippen LogP contribution in [-0.4, -0.2) is 57.0 Å². The van der Waals surface area contributed by atoms with Crippen LogP contribution in [0.3, 0.4) is 0 Å². The molecule has 6 heteroatoms. The fourth-order valence-electron chi connectivity index (χ4n) is 3.75. The molecule has 6 nitrogen and oxygen atoms in total. The average molecular weight is 390 g/mol. The molecule has 0 saturated heterocycles. The quantitative estimate of drug-likeness (QED) is 0.856. The Balaban J connectivity index is 1.69. The molecule has 0 amide bonds. The van der Waals surface area contributed by atoms with Gasteiger partial charge in [0.05, 0.1) is 24.2 Å². The SMILES string of the molecule is CN=C1NCCOc2ccc(/C=C(\C)N3CCOc4ccccc4C3=NC)cc21. The lowest BCUT2D eigenvalue weighted by Crippen LogP contribution is -2.31. The zero-order valence-corrected chi connectivity index (χ0v) is 17.1. The molecule has 0 aromatic heterocycles. The summed E-state index contributed by atoms with van der Waals surface area (Å²) in [5.41, 5.74) is 4.19. The van der Waals surface area contributed by atoms with Crippen molar-refractivity contribution in [1.82, 2.24) is 10.2 Å². The van der Waals surface area contributed by atoms with E-state index in [-0.39, 0.29) is 0 Å². The number of hydrogen-bond acceptors (Lipinski definition) is 4. The number of allylic oxidation sites excluding steroid dienone is 1. The predicted molar refractivity (Wildman–Crippen MR) is 117 cm³/mol. The van der Waals surface area contributed by atoms with Gasteiger partial charge in [0.15, 0.2) is 0 Å². The van der Waals surface area contributed by atoms with Gasteiger partial charge in [0, 0.05) is 19.8 Å². The molecule has 0 spiro atoms. The molecule has 0 unspecified atom stereocenters. The van der Waals surface area contributed by atoms with Gasteiger partial charge in [-0.05, 0) is 42.8 Å². The van der Waals surface area contributed by atoms with Crippen LogP contribution in [0.25, 0.3) is 6.08 Å². The number of amidine groups is 2. The minimum atomic E-state index is 0.607. The minimum Gasteiger partial charge on any atom is -0.491 e. The van der Waals surface area contributed by atoms with E-state index < -0.39 is 0 Å². The Bertz CT molecular complexity index is 994. The van der Waals surface area contributed by atoms with E-state index >= 15 is 0 Å². The molecule has 0 radical (unpaired) electrons. The van der Waals surface area contributed by atoms with E-state index in [9.17, 15) is 0 Å². The lowest BCUT2D eigenvalue weighted by Gasteiger charge is -2.24. The molecule has 0 aliphatic carbocycles.